The zero-order valence-electron chi connectivity index (χ0n) is 10.1. The van der Waals surface area contributed by atoms with Gasteiger partial charge in [-0.15, -0.1) is 0 Å². The number of benzene rings is 1. The van der Waals surface area contributed by atoms with Crippen molar-refractivity contribution in [2.75, 3.05) is 6.61 Å². The normalized spacial score (nSPS) is 29.7. The highest BCUT2D eigenvalue weighted by Crippen LogP contribution is 2.33. The molecule has 0 spiro atoms. The van der Waals surface area contributed by atoms with Gasteiger partial charge in [-0.1, -0.05) is 18.2 Å². The van der Waals surface area contributed by atoms with E-state index in [1.165, 1.54) is 0 Å². The number of hydrogen-bond donors (Lipinski definition) is 2. The SMILES string of the molecule is O=C(NC1COc2ccccc21)C1CCCC1O. The summed E-state index contributed by atoms with van der Waals surface area (Å²) in [7, 11) is 0. The summed E-state index contributed by atoms with van der Waals surface area (Å²) < 4.78 is 5.52. The van der Waals surface area contributed by atoms with Gasteiger partial charge in [-0.05, 0) is 25.3 Å². The molecular formula is C14H17NO3. The minimum atomic E-state index is -0.484. The van der Waals surface area contributed by atoms with Crippen LogP contribution in [0.1, 0.15) is 30.9 Å². The quantitative estimate of drug-likeness (QED) is 0.830. The molecule has 1 aromatic carbocycles. The Balaban J connectivity index is 1.69. The number of fused-ring (bicyclic) bond motifs is 1. The number of aliphatic hydroxyl groups is 1. The lowest BCUT2D eigenvalue weighted by Gasteiger charge is -2.17. The highest BCUT2D eigenvalue weighted by Gasteiger charge is 2.34. The molecule has 4 nitrogen and oxygen atoms in total. The van der Waals surface area contributed by atoms with Crippen LogP contribution in [0.3, 0.4) is 0 Å². The first-order valence-electron chi connectivity index (χ1n) is 6.46. The van der Waals surface area contributed by atoms with Crippen molar-refractivity contribution < 1.29 is 14.6 Å². The first kappa shape index (κ1) is 11.5. The van der Waals surface area contributed by atoms with Crippen LogP contribution < -0.4 is 10.1 Å². The van der Waals surface area contributed by atoms with E-state index in [1.807, 2.05) is 24.3 Å². The lowest BCUT2D eigenvalue weighted by atomic mass is 10.0. The van der Waals surface area contributed by atoms with Crippen LogP contribution in [0.4, 0.5) is 0 Å². The Labute approximate surface area is 106 Å². The van der Waals surface area contributed by atoms with Gasteiger partial charge in [0.15, 0.2) is 0 Å². The van der Waals surface area contributed by atoms with Crippen LogP contribution in [-0.4, -0.2) is 23.7 Å². The van der Waals surface area contributed by atoms with Gasteiger partial charge in [-0.25, -0.2) is 0 Å². The summed E-state index contributed by atoms with van der Waals surface area (Å²) >= 11 is 0. The number of para-hydroxylation sites is 1. The molecule has 1 aromatic rings. The zero-order chi connectivity index (χ0) is 12.5. The molecule has 2 N–H and O–H groups in total. The summed E-state index contributed by atoms with van der Waals surface area (Å²) in [4.78, 5) is 12.1. The number of amides is 1. The summed E-state index contributed by atoms with van der Waals surface area (Å²) in [6.07, 6.45) is 1.96. The Kier molecular flexibility index (Phi) is 2.96. The average Bonchev–Trinajstić information content (AvgIpc) is 2.97. The summed E-state index contributed by atoms with van der Waals surface area (Å²) in [6, 6.07) is 7.66. The molecule has 1 saturated carbocycles. The Bertz CT molecular complexity index is 460. The van der Waals surface area contributed by atoms with Crippen molar-refractivity contribution in [3.05, 3.63) is 29.8 Å². The predicted octanol–water partition coefficient (Wildman–Crippen LogP) is 1.40. The van der Waals surface area contributed by atoms with Crippen LogP contribution in [0.15, 0.2) is 24.3 Å². The molecule has 1 heterocycles. The lowest BCUT2D eigenvalue weighted by molar-refractivity contribution is -0.128. The van der Waals surface area contributed by atoms with E-state index in [9.17, 15) is 9.90 Å². The molecule has 0 bridgehead atoms. The second kappa shape index (κ2) is 4.61. The van der Waals surface area contributed by atoms with Crippen LogP contribution in [0.2, 0.25) is 0 Å². The highest BCUT2D eigenvalue weighted by atomic mass is 16.5. The van der Waals surface area contributed by atoms with E-state index < -0.39 is 6.10 Å². The minimum absolute atomic E-state index is 0.0506. The molecule has 96 valence electrons. The number of carbonyl (C=O) groups is 1. The number of rotatable bonds is 2. The maximum atomic E-state index is 12.1. The average molecular weight is 247 g/mol. The molecule has 1 fully saturated rings. The number of aliphatic hydroxyl groups excluding tert-OH is 1. The molecule has 2 aliphatic rings. The van der Waals surface area contributed by atoms with Crippen LogP contribution >= 0.6 is 0 Å². The van der Waals surface area contributed by atoms with Crippen molar-refractivity contribution in [2.24, 2.45) is 5.92 Å². The van der Waals surface area contributed by atoms with E-state index >= 15 is 0 Å². The van der Waals surface area contributed by atoms with Gasteiger partial charge >= 0.3 is 0 Å². The van der Waals surface area contributed by atoms with E-state index in [0.717, 1.165) is 30.6 Å². The van der Waals surface area contributed by atoms with Gasteiger partial charge in [0.05, 0.1) is 18.1 Å². The van der Waals surface area contributed by atoms with Crippen molar-refractivity contribution >= 4 is 5.91 Å². The van der Waals surface area contributed by atoms with Crippen molar-refractivity contribution in [2.45, 2.75) is 31.4 Å². The van der Waals surface area contributed by atoms with E-state index in [0.29, 0.717) is 6.61 Å². The van der Waals surface area contributed by atoms with Crippen LogP contribution in [-0.2, 0) is 4.79 Å². The van der Waals surface area contributed by atoms with Crippen LogP contribution in [0.5, 0.6) is 5.75 Å². The summed E-state index contributed by atoms with van der Waals surface area (Å²) in [5.41, 5.74) is 1.03. The fourth-order valence-corrected chi connectivity index (χ4v) is 2.81. The fourth-order valence-electron chi connectivity index (χ4n) is 2.81. The summed E-state index contributed by atoms with van der Waals surface area (Å²) in [5, 5.41) is 12.7. The largest absolute Gasteiger partial charge is 0.491 e. The van der Waals surface area contributed by atoms with Gasteiger partial charge < -0.3 is 15.2 Å². The first-order chi connectivity index (χ1) is 8.75. The van der Waals surface area contributed by atoms with Gasteiger partial charge in [0.2, 0.25) is 5.91 Å². The second-order valence-electron chi connectivity index (χ2n) is 5.01. The van der Waals surface area contributed by atoms with Crippen molar-refractivity contribution in [3.8, 4) is 5.75 Å². The molecule has 3 atom stereocenters. The smallest absolute Gasteiger partial charge is 0.226 e. The molecule has 3 rings (SSSR count). The fraction of sp³-hybridized carbons (Fsp3) is 0.500. The van der Waals surface area contributed by atoms with E-state index in [4.69, 9.17) is 4.74 Å². The molecule has 1 aliphatic carbocycles. The standard InChI is InChI=1S/C14H17NO3/c16-12-6-3-5-10(12)14(17)15-11-8-18-13-7-2-1-4-9(11)13/h1-2,4,7,10-12,16H,3,5-6,8H2,(H,15,17). The van der Waals surface area contributed by atoms with Gasteiger partial charge in [0, 0.05) is 5.56 Å². The predicted molar refractivity (Wildman–Crippen MR) is 66.2 cm³/mol. The molecule has 18 heavy (non-hydrogen) atoms. The monoisotopic (exact) mass is 247 g/mol. The Morgan fingerprint density at radius 1 is 1.33 bits per heavy atom. The minimum Gasteiger partial charge on any atom is -0.491 e. The number of ether oxygens (including phenoxy) is 1. The number of nitrogens with one attached hydrogen (secondary N) is 1. The van der Waals surface area contributed by atoms with Crippen molar-refractivity contribution in [1.29, 1.82) is 0 Å². The third-order valence-corrected chi connectivity index (χ3v) is 3.83. The lowest BCUT2D eigenvalue weighted by Crippen LogP contribution is -2.37. The zero-order valence-corrected chi connectivity index (χ0v) is 10.1. The van der Waals surface area contributed by atoms with E-state index in [1.54, 1.807) is 0 Å². The second-order valence-corrected chi connectivity index (χ2v) is 5.01. The highest BCUT2D eigenvalue weighted by molar-refractivity contribution is 5.80. The Morgan fingerprint density at radius 2 is 2.17 bits per heavy atom. The molecule has 0 saturated heterocycles. The molecule has 0 radical (unpaired) electrons. The number of hydrogen-bond acceptors (Lipinski definition) is 3. The van der Waals surface area contributed by atoms with Crippen molar-refractivity contribution in [3.63, 3.8) is 0 Å². The molecule has 4 heteroatoms. The summed E-state index contributed by atoms with van der Waals surface area (Å²) in [5.74, 6) is 0.540. The van der Waals surface area contributed by atoms with E-state index in [2.05, 4.69) is 5.32 Å². The first-order valence-corrected chi connectivity index (χ1v) is 6.46. The Hall–Kier alpha value is -1.55. The molecule has 3 unspecified atom stereocenters. The van der Waals surface area contributed by atoms with Gasteiger partial charge in [-0.2, -0.15) is 0 Å². The number of carbonyl (C=O) groups excluding carboxylic acids is 1. The molecular weight excluding hydrogens is 230 g/mol. The topological polar surface area (TPSA) is 58.6 Å². The maximum absolute atomic E-state index is 12.1. The van der Waals surface area contributed by atoms with Gasteiger partial charge in [0.1, 0.15) is 12.4 Å². The Morgan fingerprint density at radius 3 is 2.94 bits per heavy atom. The van der Waals surface area contributed by atoms with Crippen LogP contribution in [0.25, 0.3) is 0 Å². The van der Waals surface area contributed by atoms with Crippen molar-refractivity contribution in [1.82, 2.24) is 5.32 Å². The molecule has 1 aliphatic heterocycles. The van der Waals surface area contributed by atoms with Gasteiger partial charge in [0.25, 0.3) is 0 Å². The van der Waals surface area contributed by atoms with E-state index in [-0.39, 0.29) is 17.9 Å². The molecule has 1 amide bonds. The van der Waals surface area contributed by atoms with Crippen LogP contribution in [0, 0.1) is 5.92 Å². The third kappa shape index (κ3) is 1.97. The third-order valence-electron chi connectivity index (χ3n) is 3.83. The molecule has 0 aromatic heterocycles. The summed E-state index contributed by atoms with van der Waals surface area (Å²) in [6.45, 7) is 0.480. The maximum Gasteiger partial charge on any atom is 0.226 e. The van der Waals surface area contributed by atoms with Gasteiger partial charge in [-0.3, -0.25) is 4.79 Å².